The number of aromatic nitrogens is 3. The van der Waals surface area contributed by atoms with Crippen LogP contribution in [0.1, 0.15) is 6.42 Å². The van der Waals surface area contributed by atoms with Gasteiger partial charge in [-0.2, -0.15) is 0 Å². The van der Waals surface area contributed by atoms with Crippen molar-refractivity contribution >= 4 is 28.3 Å². The largest absolute Gasteiger partial charge is 0.367 e. The summed E-state index contributed by atoms with van der Waals surface area (Å²) in [6, 6.07) is 3.73. The van der Waals surface area contributed by atoms with Gasteiger partial charge in [-0.25, -0.2) is 0 Å². The molecule has 0 aliphatic heterocycles. The molecule has 96 valence electrons. The lowest BCUT2D eigenvalue weighted by atomic mass is 10.3. The van der Waals surface area contributed by atoms with Crippen LogP contribution in [0, 0.1) is 0 Å². The highest BCUT2D eigenvalue weighted by molar-refractivity contribution is 6.34. The summed E-state index contributed by atoms with van der Waals surface area (Å²) in [5, 5.41) is 12.4. The Kier molecular flexibility index (Phi) is 4.28. The Morgan fingerprint density at radius 2 is 2.17 bits per heavy atom. The van der Waals surface area contributed by atoms with Crippen LogP contribution in [0.3, 0.4) is 0 Å². The molecule has 18 heavy (non-hydrogen) atoms. The molecule has 0 saturated carbocycles. The van der Waals surface area contributed by atoms with Gasteiger partial charge < -0.3 is 10.2 Å². The van der Waals surface area contributed by atoms with Crippen LogP contribution in [0.25, 0.3) is 10.9 Å². The maximum absolute atomic E-state index is 5.98. The highest BCUT2D eigenvalue weighted by Gasteiger charge is 2.07. The fraction of sp³-hybridized carbons (Fsp3) is 0.417. The molecule has 0 saturated heterocycles. The molecule has 2 rings (SSSR count). The number of rotatable bonds is 5. The van der Waals surface area contributed by atoms with Crippen molar-refractivity contribution < 1.29 is 0 Å². The Balaban J connectivity index is 2.11. The number of nitrogens with zero attached hydrogens (tertiary/aromatic N) is 4. The van der Waals surface area contributed by atoms with Gasteiger partial charge in [-0.15, -0.1) is 10.2 Å². The van der Waals surface area contributed by atoms with E-state index in [1.807, 2.05) is 12.1 Å². The van der Waals surface area contributed by atoms with E-state index < -0.39 is 0 Å². The molecular weight excluding hydrogens is 250 g/mol. The normalized spacial score (nSPS) is 11.1. The van der Waals surface area contributed by atoms with Gasteiger partial charge in [0, 0.05) is 18.1 Å². The van der Waals surface area contributed by atoms with Crippen molar-refractivity contribution in [1.29, 1.82) is 0 Å². The number of hydrogen-bond acceptors (Lipinski definition) is 5. The maximum atomic E-state index is 5.98. The topological polar surface area (TPSA) is 53.9 Å². The van der Waals surface area contributed by atoms with Gasteiger partial charge >= 0.3 is 0 Å². The van der Waals surface area contributed by atoms with Crippen molar-refractivity contribution in [1.82, 2.24) is 20.1 Å². The maximum Gasteiger partial charge on any atom is 0.175 e. The summed E-state index contributed by atoms with van der Waals surface area (Å²) in [5.74, 6) is 0.689. The molecule has 0 fully saturated rings. The summed E-state index contributed by atoms with van der Waals surface area (Å²) < 4.78 is 0. The van der Waals surface area contributed by atoms with Crippen molar-refractivity contribution in [2.45, 2.75) is 6.42 Å². The number of fused-ring (bicyclic) bond motifs is 1. The van der Waals surface area contributed by atoms with E-state index in [0.29, 0.717) is 11.0 Å². The van der Waals surface area contributed by atoms with Crippen molar-refractivity contribution in [3.8, 4) is 0 Å². The van der Waals surface area contributed by atoms with Crippen LogP contribution in [0.5, 0.6) is 0 Å². The van der Waals surface area contributed by atoms with Gasteiger partial charge in [0.25, 0.3) is 0 Å². The summed E-state index contributed by atoms with van der Waals surface area (Å²) >= 11 is 5.98. The molecule has 2 heterocycles. The van der Waals surface area contributed by atoms with Crippen LogP contribution < -0.4 is 5.32 Å². The minimum atomic E-state index is 0.386. The molecule has 0 bridgehead atoms. The minimum Gasteiger partial charge on any atom is -0.367 e. The van der Waals surface area contributed by atoms with Gasteiger partial charge in [0.2, 0.25) is 0 Å². The minimum absolute atomic E-state index is 0.386. The Labute approximate surface area is 111 Å². The molecule has 2 aromatic heterocycles. The molecule has 0 aliphatic carbocycles. The fourth-order valence-corrected chi connectivity index (χ4v) is 1.87. The number of pyridine rings is 1. The van der Waals surface area contributed by atoms with E-state index in [-0.39, 0.29) is 0 Å². The Morgan fingerprint density at radius 1 is 1.33 bits per heavy atom. The fourth-order valence-electron chi connectivity index (χ4n) is 1.68. The molecule has 1 N–H and O–H groups in total. The third-order valence-corrected chi connectivity index (χ3v) is 2.85. The quantitative estimate of drug-likeness (QED) is 0.839. The average molecular weight is 266 g/mol. The second-order valence-electron chi connectivity index (χ2n) is 4.32. The third kappa shape index (κ3) is 3.05. The van der Waals surface area contributed by atoms with E-state index in [2.05, 4.69) is 39.5 Å². The lowest BCUT2D eigenvalue weighted by molar-refractivity contribution is 0.405. The first-order valence-corrected chi connectivity index (χ1v) is 6.22. The highest BCUT2D eigenvalue weighted by atomic mass is 35.5. The monoisotopic (exact) mass is 265 g/mol. The van der Waals surface area contributed by atoms with Crippen LogP contribution in [0.4, 0.5) is 5.82 Å². The molecule has 0 unspecified atom stereocenters. The average Bonchev–Trinajstić information content (AvgIpc) is 2.37. The second kappa shape index (κ2) is 5.93. The van der Waals surface area contributed by atoms with Crippen molar-refractivity contribution in [2.75, 3.05) is 32.5 Å². The first-order valence-electron chi connectivity index (χ1n) is 5.84. The van der Waals surface area contributed by atoms with Crippen LogP contribution >= 0.6 is 11.6 Å². The highest BCUT2D eigenvalue weighted by Crippen LogP contribution is 2.23. The Bertz CT molecular complexity index is 529. The first-order chi connectivity index (χ1) is 8.68. The molecule has 5 nitrogen and oxygen atoms in total. The SMILES string of the molecule is CN(C)CCCNc1nnc(Cl)c2cccnc12. The first kappa shape index (κ1) is 13.0. The zero-order chi connectivity index (χ0) is 13.0. The van der Waals surface area contributed by atoms with E-state index in [1.54, 1.807) is 6.20 Å². The summed E-state index contributed by atoms with van der Waals surface area (Å²) in [4.78, 5) is 6.44. The standard InChI is InChI=1S/C12H16ClN5/c1-18(2)8-4-7-15-12-10-9(5-3-6-14-10)11(13)16-17-12/h3,5-6H,4,7-8H2,1-2H3,(H,15,17). The van der Waals surface area contributed by atoms with Crippen molar-refractivity contribution in [3.63, 3.8) is 0 Å². The van der Waals surface area contributed by atoms with E-state index in [0.717, 1.165) is 30.4 Å². The number of hydrogen-bond donors (Lipinski definition) is 1. The van der Waals surface area contributed by atoms with Crippen molar-refractivity contribution in [2.24, 2.45) is 0 Å². The van der Waals surface area contributed by atoms with Gasteiger partial charge in [0.15, 0.2) is 11.0 Å². The molecule has 0 amide bonds. The predicted molar refractivity (Wildman–Crippen MR) is 74.0 cm³/mol. The molecule has 2 aromatic rings. The summed E-state index contributed by atoms with van der Waals surface area (Å²) in [6.07, 6.45) is 2.76. The van der Waals surface area contributed by atoms with Crippen LogP contribution in [0.15, 0.2) is 18.3 Å². The van der Waals surface area contributed by atoms with Gasteiger partial charge in [-0.05, 0) is 39.2 Å². The number of anilines is 1. The Morgan fingerprint density at radius 3 is 2.94 bits per heavy atom. The lowest BCUT2D eigenvalue weighted by Crippen LogP contribution is -2.17. The third-order valence-electron chi connectivity index (χ3n) is 2.57. The zero-order valence-electron chi connectivity index (χ0n) is 10.5. The van der Waals surface area contributed by atoms with Crippen LogP contribution in [0.2, 0.25) is 5.15 Å². The summed E-state index contributed by atoms with van der Waals surface area (Å²) in [5.41, 5.74) is 0.766. The molecule has 0 radical (unpaired) electrons. The van der Waals surface area contributed by atoms with Crippen LogP contribution in [-0.2, 0) is 0 Å². The predicted octanol–water partition coefficient (Wildman–Crippen LogP) is 2.04. The molecule has 6 heteroatoms. The van der Waals surface area contributed by atoms with Crippen molar-refractivity contribution in [3.05, 3.63) is 23.5 Å². The zero-order valence-corrected chi connectivity index (χ0v) is 11.3. The van der Waals surface area contributed by atoms with Gasteiger partial charge in [0.1, 0.15) is 5.52 Å². The summed E-state index contributed by atoms with van der Waals surface area (Å²) in [6.45, 7) is 1.86. The summed E-state index contributed by atoms with van der Waals surface area (Å²) in [7, 11) is 4.11. The van der Waals surface area contributed by atoms with Gasteiger partial charge in [0.05, 0.1) is 0 Å². The molecule has 0 aromatic carbocycles. The molecular formula is C12H16ClN5. The molecule has 0 spiro atoms. The van der Waals surface area contributed by atoms with Crippen LogP contribution in [-0.4, -0.2) is 47.3 Å². The molecule has 0 atom stereocenters. The van der Waals surface area contributed by atoms with E-state index in [9.17, 15) is 0 Å². The number of halogens is 1. The molecule has 0 aliphatic rings. The second-order valence-corrected chi connectivity index (χ2v) is 4.68. The van der Waals surface area contributed by atoms with E-state index in [4.69, 9.17) is 11.6 Å². The van der Waals surface area contributed by atoms with E-state index in [1.165, 1.54) is 0 Å². The lowest BCUT2D eigenvalue weighted by Gasteiger charge is -2.10. The van der Waals surface area contributed by atoms with Gasteiger partial charge in [-0.3, -0.25) is 4.98 Å². The Hall–Kier alpha value is -1.46. The van der Waals surface area contributed by atoms with E-state index >= 15 is 0 Å². The number of nitrogens with one attached hydrogen (secondary N) is 1. The van der Waals surface area contributed by atoms with Gasteiger partial charge in [-0.1, -0.05) is 11.6 Å². The smallest absolute Gasteiger partial charge is 0.175 e.